The zero-order valence-corrected chi connectivity index (χ0v) is 12.5. The molecule has 21 heavy (non-hydrogen) atoms. The third kappa shape index (κ3) is 3.06. The average Bonchev–Trinajstić information content (AvgIpc) is 3.19. The maximum atomic E-state index is 12.4. The molecule has 1 fully saturated rings. The second-order valence-electron chi connectivity index (χ2n) is 4.88. The Labute approximate surface area is 127 Å². The van der Waals surface area contributed by atoms with Crippen LogP contribution in [0.4, 0.5) is 5.13 Å². The summed E-state index contributed by atoms with van der Waals surface area (Å²) >= 11 is 1.63. The number of anilines is 1. The van der Waals surface area contributed by atoms with Crippen LogP contribution >= 0.6 is 11.3 Å². The molecule has 1 aliphatic rings. The monoisotopic (exact) mass is 306 g/mol. The molecule has 112 valence electrons. The summed E-state index contributed by atoms with van der Waals surface area (Å²) in [4.78, 5) is 24.9. The number of thiazole rings is 1. The summed E-state index contributed by atoms with van der Waals surface area (Å²) in [6.07, 6.45) is 5.23. The van der Waals surface area contributed by atoms with E-state index < -0.39 is 0 Å². The van der Waals surface area contributed by atoms with Crippen molar-refractivity contribution in [3.63, 3.8) is 0 Å². The Morgan fingerprint density at radius 1 is 1.29 bits per heavy atom. The average molecular weight is 306 g/mol. The minimum Gasteiger partial charge on any atom is -0.345 e. The highest BCUT2D eigenvalue weighted by Crippen LogP contribution is 2.19. The Hall–Kier alpha value is -1.93. The quantitative estimate of drug-likeness (QED) is 0.876. The van der Waals surface area contributed by atoms with Gasteiger partial charge in [0.2, 0.25) is 0 Å². The van der Waals surface area contributed by atoms with Crippen LogP contribution in [-0.2, 0) is 6.54 Å². The van der Waals surface area contributed by atoms with Gasteiger partial charge in [0.15, 0.2) is 5.13 Å². The van der Waals surface area contributed by atoms with Crippen LogP contribution in [0.25, 0.3) is 0 Å². The fourth-order valence-electron chi connectivity index (χ4n) is 2.38. The van der Waals surface area contributed by atoms with E-state index in [2.05, 4.69) is 14.9 Å². The lowest BCUT2D eigenvalue weighted by Crippen LogP contribution is -2.48. The van der Waals surface area contributed by atoms with Crippen LogP contribution in [0.5, 0.6) is 0 Å². The fraction of sp³-hybridized carbons (Fsp3) is 0.462. The van der Waals surface area contributed by atoms with Crippen molar-refractivity contribution in [1.82, 2.24) is 19.4 Å². The minimum atomic E-state index is -0.00967. The van der Waals surface area contributed by atoms with Gasteiger partial charge in [-0.15, -0.1) is 11.3 Å². The SMILES string of the molecule is NCCn1cnc(C(=O)N2CCN(c3nccs3)CC2)c1. The van der Waals surface area contributed by atoms with Crippen molar-refractivity contribution in [3.05, 3.63) is 29.8 Å². The first-order valence-corrected chi connectivity index (χ1v) is 7.81. The van der Waals surface area contributed by atoms with Gasteiger partial charge in [-0.05, 0) is 0 Å². The van der Waals surface area contributed by atoms with Crippen LogP contribution in [0.1, 0.15) is 10.5 Å². The van der Waals surface area contributed by atoms with Crippen LogP contribution in [0.15, 0.2) is 24.1 Å². The molecule has 0 aliphatic carbocycles. The summed E-state index contributed by atoms with van der Waals surface area (Å²) in [6, 6.07) is 0. The van der Waals surface area contributed by atoms with E-state index >= 15 is 0 Å². The lowest BCUT2D eigenvalue weighted by Gasteiger charge is -2.34. The lowest BCUT2D eigenvalue weighted by molar-refractivity contribution is 0.0741. The van der Waals surface area contributed by atoms with Crippen molar-refractivity contribution >= 4 is 22.4 Å². The summed E-state index contributed by atoms with van der Waals surface area (Å²) in [6.45, 7) is 4.23. The molecule has 0 saturated carbocycles. The maximum absolute atomic E-state index is 12.4. The molecule has 0 bridgehead atoms. The van der Waals surface area contributed by atoms with Gasteiger partial charge < -0.3 is 20.1 Å². The number of piperazine rings is 1. The predicted octanol–water partition coefficient (Wildman–Crippen LogP) is 0.261. The van der Waals surface area contributed by atoms with Crippen molar-refractivity contribution < 1.29 is 4.79 Å². The zero-order valence-electron chi connectivity index (χ0n) is 11.7. The molecule has 3 rings (SSSR count). The van der Waals surface area contributed by atoms with Crippen molar-refractivity contribution in [2.45, 2.75) is 6.54 Å². The van der Waals surface area contributed by atoms with Crippen LogP contribution in [0, 0.1) is 0 Å². The van der Waals surface area contributed by atoms with E-state index in [1.54, 1.807) is 23.9 Å². The van der Waals surface area contributed by atoms with Crippen LogP contribution in [-0.4, -0.2) is 58.1 Å². The van der Waals surface area contributed by atoms with Gasteiger partial charge in [0.1, 0.15) is 5.69 Å². The van der Waals surface area contributed by atoms with Gasteiger partial charge >= 0.3 is 0 Å². The van der Waals surface area contributed by atoms with Gasteiger partial charge in [-0.2, -0.15) is 0 Å². The Bertz CT molecular complexity index is 588. The van der Waals surface area contributed by atoms with E-state index in [4.69, 9.17) is 5.73 Å². The topological polar surface area (TPSA) is 80.3 Å². The molecular formula is C13H18N6OS. The summed E-state index contributed by atoms with van der Waals surface area (Å²) in [7, 11) is 0. The summed E-state index contributed by atoms with van der Waals surface area (Å²) < 4.78 is 1.85. The van der Waals surface area contributed by atoms with E-state index in [0.717, 1.165) is 18.2 Å². The van der Waals surface area contributed by atoms with Crippen LogP contribution < -0.4 is 10.6 Å². The fourth-order valence-corrected chi connectivity index (χ4v) is 3.07. The molecule has 0 radical (unpaired) electrons. The molecule has 0 atom stereocenters. The first-order chi connectivity index (χ1) is 10.3. The van der Waals surface area contributed by atoms with Crippen molar-refractivity contribution in [3.8, 4) is 0 Å². The Morgan fingerprint density at radius 3 is 2.76 bits per heavy atom. The molecule has 7 nitrogen and oxygen atoms in total. The van der Waals surface area contributed by atoms with Gasteiger partial charge in [-0.1, -0.05) is 0 Å². The third-order valence-electron chi connectivity index (χ3n) is 3.50. The molecule has 8 heteroatoms. The number of imidazole rings is 1. The van der Waals surface area contributed by atoms with Gasteiger partial charge in [0, 0.05) is 57.0 Å². The molecule has 1 aliphatic heterocycles. The summed E-state index contributed by atoms with van der Waals surface area (Å²) in [5.74, 6) is -0.00967. The van der Waals surface area contributed by atoms with Gasteiger partial charge in [0.25, 0.3) is 5.91 Å². The molecular weight excluding hydrogens is 288 g/mol. The number of carbonyl (C=O) groups is 1. The predicted molar refractivity (Wildman–Crippen MR) is 81.5 cm³/mol. The highest BCUT2D eigenvalue weighted by molar-refractivity contribution is 7.13. The first-order valence-electron chi connectivity index (χ1n) is 6.93. The van der Waals surface area contributed by atoms with E-state index in [9.17, 15) is 4.79 Å². The molecule has 3 heterocycles. The van der Waals surface area contributed by atoms with E-state index in [1.807, 2.05) is 21.0 Å². The first kappa shape index (κ1) is 14.0. The van der Waals surface area contributed by atoms with Crippen molar-refractivity contribution in [2.24, 2.45) is 5.73 Å². The van der Waals surface area contributed by atoms with Gasteiger partial charge in [0.05, 0.1) is 6.33 Å². The van der Waals surface area contributed by atoms with E-state index in [1.165, 1.54) is 0 Å². The molecule has 2 aromatic heterocycles. The molecule has 1 amide bonds. The summed E-state index contributed by atoms with van der Waals surface area (Å²) in [5, 5.41) is 2.99. The van der Waals surface area contributed by atoms with Crippen molar-refractivity contribution in [2.75, 3.05) is 37.6 Å². The number of aromatic nitrogens is 3. The van der Waals surface area contributed by atoms with Gasteiger partial charge in [-0.3, -0.25) is 4.79 Å². The molecule has 2 N–H and O–H groups in total. The highest BCUT2D eigenvalue weighted by atomic mass is 32.1. The number of rotatable bonds is 4. The lowest BCUT2D eigenvalue weighted by atomic mass is 10.3. The van der Waals surface area contributed by atoms with E-state index in [-0.39, 0.29) is 5.91 Å². The van der Waals surface area contributed by atoms with Crippen LogP contribution in [0.2, 0.25) is 0 Å². The molecule has 0 unspecified atom stereocenters. The molecule has 1 saturated heterocycles. The van der Waals surface area contributed by atoms with E-state index in [0.29, 0.717) is 31.9 Å². The summed E-state index contributed by atoms with van der Waals surface area (Å²) in [5.41, 5.74) is 5.99. The number of hydrogen-bond donors (Lipinski definition) is 1. The molecule has 2 aromatic rings. The number of amides is 1. The van der Waals surface area contributed by atoms with Crippen LogP contribution in [0.3, 0.4) is 0 Å². The number of nitrogens with zero attached hydrogens (tertiary/aromatic N) is 5. The number of carbonyl (C=O) groups excluding carboxylic acids is 1. The zero-order chi connectivity index (χ0) is 14.7. The Kier molecular flexibility index (Phi) is 4.16. The standard InChI is InChI=1S/C13H18N6OS/c14-1-3-17-9-11(16-10-17)12(20)18-4-6-19(7-5-18)13-15-2-8-21-13/h2,8-10H,1,3-7,14H2. The largest absolute Gasteiger partial charge is 0.345 e. The second-order valence-corrected chi connectivity index (χ2v) is 5.75. The highest BCUT2D eigenvalue weighted by Gasteiger charge is 2.24. The smallest absolute Gasteiger partial charge is 0.274 e. The Morgan fingerprint density at radius 2 is 2.10 bits per heavy atom. The normalized spacial score (nSPS) is 15.5. The molecule has 0 spiro atoms. The Balaban J connectivity index is 1.59. The van der Waals surface area contributed by atoms with Gasteiger partial charge in [-0.25, -0.2) is 9.97 Å². The minimum absolute atomic E-state index is 0.00967. The molecule has 0 aromatic carbocycles. The number of nitrogens with two attached hydrogens (primary N) is 1. The van der Waals surface area contributed by atoms with Crippen molar-refractivity contribution in [1.29, 1.82) is 0 Å². The third-order valence-corrected chi connectivity index (χ3v) is 4.33. The maximum Gasteiger partial charge on any atom is 0.274 e. The second kappa shape index (κ2) is 6.23. The number of hydrogen-bond acceptors (Lipinski definition) is 6.